The Morgan fingerprint density at radius 1 is 1.13 bits per heavy atom. The van der Waals surface area contributed by atoms with Crippen LogP contribution in [0.3, 0.4) is 0 Å². The lowest BCUT2D eigenvalue weighted by molar-refractivity contribution is -0.121. The van der Waals surface area contributed by atoms with Crippen molar-refractivity contribution >= 4 is 5.91 Å². The monoisotopic (exact) mass is 421 g/mol. The average molecular weight is 421 g/mol. The fourth-order valence-electron chi connectivity index (χ4n) is 2.91. The van der Waals surface area contributed by atoms with Crippen LogP contribution in [0, 0.1) is 5.82 Å². The van der Waals surface area contributed by atoms with Crippen LogP contribution in [0.5, 0.6) is 5.75 Å². The molecule has 0 bridgehead atoms. The van der Waals surface area contributed by atoms with Crippen LogP contribution in [0.1, 0.15) is 18.1 Å². The summed E-state index contributed by atoms with van der Waals surface area (Å²) in [7, 11) is 1.61. The van der Waals surface area contributed by atoms with Crippen molar-refractivity contribution in [2.24, 2.45) is 0 Å². The van der Waals surface area contributed by atoms with Gasteiger partial charge in [0.25, 0.3) is 0 Å². The number of hydrogen-bond acceptors (Lipinski definition) is 6. The second kappa shape index (κ2) is 9.21. The first-order valence-corrected chi connectivity index (χ1v) is 9.64. The van der Waals surface area contributed by atoms with Crippen molar-refractivity contribution in [2.45, 2.75) is 19.4 Å². The van der Waals surface area contributed by atoms with Gasteiger partial charge in [0.2, 0.25) is 5.91 Å². The molecule has 0 radical (unpaired) electrons. The zero-order valence-corrected chi connectivity index (χ0v) is 16.8. The number of rotatable bonds is 8. The van der Waals surface area contributed by atoms with Crippen molar-refractivity contribution in [2.75, 3.05) is 7.11 Å². The molecule has 0 aliphatic heterocycles. The van der Waals surface area contributed by atoms with E-state index in [0.29, 0.717) is 29.7 Å². The molecule has 4 rings (SSSR count). The third kappa shape index (κ3) is 5.13. The Kier molecular flexibility index (Phi) is 6.02. The smallest absolute Gasteiger partial charge is 0.220 e. The standard InChI is InChI=1S/C22H20FN5O3/c1-30-17-8-4-15(5-9-17)22-26-19(27-28-22)13-24-20(29)10-11-21-25-12-18(31-21)14-2-6-16(23)7-3-14/h2-9,12H,10-11,13H2,1H3,(H,24,29)(H,26,27,28). The lowest BCUT2D eigenvalue weighted by atomic mass is 10.2. The maximum absolute atomic E-state index is 13.0. The highest BCUT2D eigenvalue weighted by Gasteiger charge is 2.11. The number of halogens is 1. The molecule has 1 amide bonds. The minimum atomic E-state index is -0.317. The van der Waals surface area contributed by atoms with E-state index in [2.05, 4.69) is 25.5 Å². The minimum Gasteiger partial charge on any atom is -0.497 e. The number of carbonyl (C=O) groups is 1. The topological polar surface area (TPSA) is 106 Å². The number of aromatic nitrogens is 4. The lowest BCUT2D eigenvalue weighted by Gasteiger charge is -2.01. The van der Waals surface area contributed by atoms with E-state index in [9.17, 15) is 9.18 Å². The molecule has 0 aliphatic carbocycles. The number of nitrogens with zero attached hydrogens (tertiary/aromatic N) is 3. The highest BCUT2D eigenvalue weighted by atomic mass is 19.1. The first-order valence-electron chi connectivity index (χ1n) is 9.64. The number of oxazole rings is 1. The number of aryl methyl sites for hydroxylation is 1. The number of ether oxygens (including phenoxy) is 1. The van der Waals surface area contributed by atoms with Crippen LogP contribution in [0.15, 0.2) is 59.1 Å². The number of aromatic amines is 1. The largest absolute Gasteiger partial charge is 0.497 e. The van der Waals surface area contributed by atoms with Crippen LogP contribution in [0.2, 0.25) is 0 Å². The molecular formula is C22H20FN5O3. The second-order valence-corrected chi connectivity index (χ2v) is 6.74. The van der Waals surface area contributed by atoms with Crippen LogP contribution in [0.4, 0.5) is 4.39 Å². The third-order valence-corrected chi connectivity index (χ3v) is 4.58. The SMILES string of the molecule is COc1ccc(-c2n[nH]c(CNC(=O)CCc3ncc(-c4ccc(F)cc4)o3)n2)cc1. The number of hydrogen-bond donors (Lipinski definition) is 2. The molecule has 4 aromatic rings. The van der Waals surface area contributed by atoms with Gasteiger partial charge < -0.3 is 14.5 Å². The summed E-state index contributed by atoms with van der Waals surface area (Å²) in [6.07, 6.45) is 2.12. The van der Waals surface area contributed by atoms with Gasteiger partial charge in [-0.3, -0.25) is 9.89 Å². The molecule has 8 nitrogen and oxygen atoms in total. The van der Waals surface area contributed by atoms with E-state index < -0.39 is 0 Å². The maximum Gasteiger partial charge on any atom is 0.220 e. The van der Waals surface area contributed by atoms with Gasteiger partial charge in [0, 0.05) is 24.0 Å². The van der Waals surface area contributed by atoms with Gasteiger partial charge in [0.1, 0.15) is 17.4 Å². The Bertz CT molecular complexity index is 1150. The summed E-state index contributed by atoms with van der Waals surface area (Å²) in [5.74, 6) is 2.34. The third-order valence-electron chi connectivity index (χ3n) is 4.58. The number of methoxy groups -OCH3 is 1. The predicted octanol–water partition coefficient (Wildman–Crippen LogP) is 3.52. The van der Waals surface area contributed by atoms with Crippen molar-refractivity contribution in [1.82, 2.24) is 25.5 Å². The van der Waals surface area contributed by atoms with E-state index in [1.54, 1.807) is 25.4 Å². The molecule has 158 valence electrons. The fourth-order valence-corrected chi connectivity index (χ4v) is 2.91. The Balaban J connectivity index is 1.26. The summed E-state index contributed by atoms with van der Waals surface area (Å²) < 4.78 is 23.8. The minimum absolute atomic E-state index is 0.163. The summed E-state index contributed by atoms with van der Waals surface area (Å²) in [5.41, 5.74) is 1.57. The van der Waals surface area contributed by atoms with Gasteiger partial charge in [-0.15, -0.1) is 0 Å². The quantitative estimate of drug-likeness (QED) is 0.451. The van der Waals surface area contributed by atoms with E-state index in [1.807, 2.05) is 24.3 Å². The van der Waals surface area contributed by atoms with E-state index in [4.69, 9.17) is 9.15 Å². The molecule has 0 spiro atoms. The van der Waals surface area contributed by atoms with Crippen LogP contribution < -0.4 is 10.1 Å². The van der Waals surface area contributed by atoms with Gasteiger partial charge in [0.05, 0.1) is 19.9 Å². The molecule has 31 heavy (non-hydrogen) atoms. The molecule has 2 heterocycles. The van der Waals surface area contributed by atoms with E-state index in [0.717, 1.165) is 16.9 Å². The molecule has 2 N–H and O–H groups in total. The highest BCUT2D eigenvalue weighted by Crippen LogP contribution is 2.21. The number of H-pyrrole nitrogens is 1. The van der Waals surface area contributed by atoms with E-state index in [1.165, 1.54) is 12.1 Å². The number of amides is 1. The van der Waals surface area contributed by atoms with Gasteiger partial charge in [-0.25, -0.2) is 14.4 Å². The molecule has 2 aromatic heterocycles. The predicted molar refractivity (Wildman–Crippen MR) is 110 cm³/mol. The molecule has 0 saturated heterocycles. The van der Waals surface area contributed by atoms with Crippen LogP contribution in [-0.4, -0.2) is 33.2 Å². The first-order chi connectivity index (χ1) is 15.1. The van der Waals surface area contributed by atoms with Crippen LogP contribution in [0.25, 0.3) is 22.7 Å². The molecule has 0 saturated carbocycles. The molecule has 0 atom stereocenters. The van der Waals surface area contributed by atoms with Crippen molar-refractivity contribution in [3.8, 4) is 28.5 Å². The number of benzene rings is 2. The fraction of sp³-hybridized carbons (Fsp3) is 0.182. The highest BCUT2D eigenvalue weighted by molar-refractivity contribution is 5.76. The Hall–Kier alpha value is -4.01. The zero-order valence-electron chi connectivity index (χ0n) is 16.8. The molecule has 0 unspecified atom stereocenters. The average Bonchev–Trinajstić information content (AvgIpc) is 3.47. The van der Waals surface area contributed by atoms with E-state index >= 15 is 0 Å². The van der Waals surface area contributed by atoms with Gasteiger partial charge in [-0.1, -0.05) is 0 Å². The van der Waals surface area contributed by atoms with Crippen molar-refractivity contribution in [1.29, 1.82) is 0 Å². The Morgan fingerprint density at radius 3 is 2.61 bits per heavy atom. The van der Waals surface area contributed by atoms with Crippen LogP contribution in [-0.2, 0) is 17.8 Å². The normalized spacial score (nSPS) is 10.8. The summed E-state index contributed by atoms with van der Waals surface area (Å²) in [4.78, 5) is 20.7. The molecular weight excluding hydrogens is 401 g/mol. The summed E-state index contributed by atoms with van der Waals surface area (Å²) >= 11 is 0. The van der Waals surface area contributed by atoms with Gasteiger partial charge in [-0.2, -0.15) is 5.10 Å². The van der Waals surface area contributed by atoms with Gasteiger partial charge in [0.15, 0.2) is 17.5 Å². The Labute approximate surface area is 177 Å². The first kappa shape index (κ1) is 20.3. The van der Waals surface area contributed by atoms with Crippen molar-refractivity contribution in [3.05, 3.63) is 72.3 Å². The molecule has 2 aromatic carbocycles. The van der Waals surface area contributed by atoms with Crippen molar-refractivity contribution in [3.63, 3.8) is 0 Å². The Morgan fingerprint density at radius 2 is 1.87 bits per heavy atom. The van der Waals surface area contributed by atoms with Gasteiger partial charge >= 0.3 is 0 Å². The molecule has 9 heteroatoms. The van der Waals surface area contributed by atoms with Crippen molar-refractivity contribution < 1.29 is 18.3 Å². The number of carbonyl (C=O) groups excluding carboxylic acids is 1. The van der Waals surface area contributed by atoms with Gasteiger partial charge in [-0.05, 0) is 48.5 Å². The summed E-state index contributed by atoms with van der Waals surface area (Å²) in [6.45, 7) is 0.231. The van der Waals surface area contributed by atoms with E-state index in [-0.39, 0.29) is 24.7 Å². The molecule has 0 aliphatic rings. The summed E-state index contributed by atoms with van der Waals surface area (Å²) in [5, 5.41) is 9.79. The molecule has 0 fully saturated rings. The van der Waals surface area contributed by atoms with Crippen LogP contribution >= 0.6 is 0 Å². The second-order valence-electron chi connectivity index (χ2n) is 6.74. The zero-order chi connectivity index (χ0) is 21.6. The maximum atomic E-state index is 13.0. The summed E-state index contributed by atoms with van der Waals surface area (Å²) in [6, 6.07) is 13.3. The number of nitrogens with one attached hydrogen (secondary N) is 2. The lowest BCUT2D eigenvalue weighted by Crippen LogP contribution is -2.23.